The van der Waals surface area contributed by atoms with Crippen LogP contribution in [0.1, 0.15) is 33.9 Å². The van der Waals surface area contributed by atoms with Gasteiger partial charge in [0.15, 0.2) is 11.5 Å². The normalized spacial score (nSPS) is 13.1. The van der Waals surface area contributed by atoms with Crippen molar-refractivity contribution in [1.29, 1.82) is 0 Å². The van der Waals surface area contributed by atoms with E-state index in [1.54, 1.807) is 21.1 Å². The molecule has 3 aromatic rings. The lowest BCUT2D eigenvalue weighted by molar-refractivity contribution is 0.0745. The summed E-state index contributed by atoms with van der Waals surface area (Å²) in [6.45, 7) is 2.92. The first-order chi connectivity index (χ1) is 15.9. The van der Waals surface area contributed by atoms with Crippen LogP contribution < -0.4 is 9.47 Å². The molecule has 1 heterocycles. The smallest absolute Gasteiger partial charge is 0.274 e. The van der Waals surface area contributed by atoms with Gasteiger partial charge in [-0.05, 0) is 67.5 Å². The maximum absolute atomic E-state index is 13.8. The van der Waals surface area contributed by atoms with Crippen LogP contribution >= 0.6 is 11.3 Å². The van der Waals surface area contributed by atoms with Crippen LogP contribution in [0, 0.1) is 24.5 Å². The van der Waals surface area contributed by atoms with Crippen LogP contribution in [0.15, 0.2) is 36.4 Å². The predicted molar refractivity (Wildman–Crippen MR) is 124 cm³/mol. The van der Waals surface area contributed by atoms with Gasteiger partial charge < -0.3 is 14.4 Å². The summed E-state index contributed by atoms with van der Waals surface area (Å²) >= 11 is 1.27. The number of hydrogen-bond donors (Lipinski definition) is 0. The third-order valence-corrected chi connectivity index (χ3v) is 6.66. The van der Waals surface area contributed by atoms with Crippen LogP contribution in [0.5, 0.6) is 11.5 Å². The number of carbonyl (C=O) groups excluding carboxylic acids is 1. The molecule has 1 aliphatic rings. The molecule has 8 heteroatoms. The first kappa shape index (κ1) is 23.2. The maximum Gasteiger partial charge on any atom is 0.274 e. The SMILES string of the molecule is COc1ccc(CCN(CC2CC2)C(=O)c2nc(C)sc2-c2cc(F)cc(F)c2)cc1OC. The van der Waals surface area contributed by atoms with Gasteiger partial charge in [0.1, 0.15) is 17.3 Å². The van der Waals surface area contributed by atoms with E-state index in [0.717, 1.165) is 24.5 Å². The molecule has 0 radical (unpaired) electrons. The number of thiazole rings is 1. The number of ether oxygens (including phenoxy) is 2. The number of methoxy groups -OCH3 is 2. The van der Waals surface area contributed by atoms with Crippen LogP contribution in [-0.2, 0) is 6.42 Å². The number of hydrogen-bond acceptors (Lipinski definition) is 5. The number of carbonyl (C=O) groups is 1. The zero-order valence-corrected chi connectivity index (χ0v) is 19.7. The standard InChI is InChI=1S/C25H26F2N2O3S/c1-15-28-23(24(33-15)18-11-19(26)13-20(27)12-18)25(30)29(14-17-4-5-17)9-8-16-6-7-21(31-2)22(10-16)32-3/h6-7,10-13,17H,4-5,8-9,14H2,1-3H3. The Bertz CT molecular complexity index is 1140. The molecule has 0 N–H and O–H groups in total. The van der Waals surface area contributed by atoms with Crippen LogP contribution in [0.4, 0.5) is 8.78 Å². The highest BCUT2D eigenvalue weighted by atomic mass is 32.1. The van der Waals surface area contributed by atoms with Gasteiger partial charge in [-0.3, -0.25) is 4.79 Å². The highest BCUT2D eigenvalue weighted by Crippen LogP contribution is 2.34. The van der Waals surface area contributed by atoms with Crippen molar-refractivity contribution in [2.45, 2.75) is 26.2 Å². The molecule has 1 saturated carbocycles. The molecule has 174 valence electrons. The van der Waals surface area contributed by atoms with Crippen molar-refractivity contribution in [3.63, 3.8) is 0 Å². The molecule has 4 rings (SSSR count). The molecular weight excluding hydrogens is 446 g/mol. The highest BCUT2D eigenvalue weighted by molar-refractivity contribution is 7.15. The molecule has 2 aromatic carbocycles. The number of amides is 1. The minimum Gasteiger partial charge on any atom is -0.493 e. The number of benzene rings is 2. The van der Waals surface area contributed by atoms with E-state index in [1.165, 1.54) is 23.5 Å². The van der Waals surface area contributed by atoms with Gasteiger partial charge in [-0.1, -0.05) is 6.07 Å². The topological polar surface area (TPSA) is 51.7 Å². The van der Waals surface area contributed by atoms with E-state index in [2.05, 4.69) is 4.98 Å². The van der Waals surface area contributed by atoms with E-state index in [-0.39, 0.29) is 11.6 Å². The van der Waals surface area contributed by atoms with Crippen molar-refractivity contribution >= 4 is 17.2 Å². The van der Waals surface area contributed by atoms with Crippen LogP contribution in [0.3, 0.4) is 0 Å². The first-order valence-corrected chi connectivity index (χ1v) is 11.6. The number of aryl methyl sites for hydroxylation is 1. The average Bonchev–Trinajstić information content (AvgIpc) is 3.53. The Kier molecular flexibility index (Phi) is 6.93. The van der Waals surface area contributed by atoms with E-state index < -0.39 is 11.6 Å². The summed E-state index contributed by atoms with van der Waals surface area (Å²) in [7, 11) is 3.18. The largest absolute Gasteiger partial charge is 0.493 e. The highest BCUT2D eigenvalue weighted by Gasteiger charge is 2.30. The molecule has 0 unspecified atom stereocenters. The Balaban J connectivity index is 1.59. The summed E-state index contributed by atoms with van der Waals surface area (Å²) < 4.78 is 38.4. The Morgan fingerprint density at radius 1 is 1.09 bits per heavy atom. The molecule has 0 atom stereocenters. The summed E-state index contributed by atoms with van der Waals surface area (Å²) in [5.41, 5.74) is 1.59. The molecule has 1 aromatic heterocycles. The Labute approximate surface area is 196 Å². The molecule has 5 nitrogen and oxygen atoms in total. The van der Waals surface area contributed by atoms with Crippen molar-refractivity contribution in [3.05, 3.63) is 64.3 Å². The summed E-state index contributed by atoms with van der Waals surface area (Å²) in [4.78, 5) is 20.3. The van der Waals surface area contributed by atoms with Crippen LogP contribution in [0.2, 0.25) is 0 Å². The fourth-order valence-corrected chi connectivity index (χ4v) is 4.69. The van der Waals surface area contributed by atoms with Crippen LogP contribution in [-0.4, -0.2) is 43.1 Å². The molecule has 1 amide bonds. The zero-order chi connectivity index (χ0) is 23.5. The van der Waals surface area contributed by atoms with Crippen molar-refractivity contribution in [2.24, 2.45) is 5.92 Å². The lowest BCUT2D eigenvalue weighted by Crippen LogP contribution is -2.35. The molecule has 0 bridgehead atoms. The summed E-state index contributed by atoms with van der Waals surface area (Å²) in [5.74, 6) is 0.189. The molecule has 33 heavy (non-hydrogen) atoms. The minimum absolute atomic E-state index is 0.216. The third-order valence-electron chi connectivity index (χ3n) is 5.64. The van der Waals surface area contributed by atoms with Gasteiger partial charge in [0.25, 0.3) is 5.91 Å². The Hall–Kier alpha value is -3.00. The van der Waals surface area contributed by atoms with Crippen molar-refractivity contribution < 1.29 is 23.0 Å². The van der Waals surface area contributed by atoms with Gasteiger partial charge >= 0.3 is 0 Å². The minimum atomic E-state index is -0.683. The lowest BCUT2D eigenvalue weighted by Gasteiger charge is -2.23. The molecule has 1 fully saturated rings. The lowest BCUT2D eigenvalue weighted by atomic mass is 10.1. The van der Waals surface area contributed by atoms with Gasteiger partial charge in [0.2, 0.25) is 0 Å². The van der Waals surface area contributed by atoms with E-state index in [1.807, 2.05) is 23.1 Å². The van der Waals surface area contributed by atoms with Gasteiger partial charge in [-0.2, -0.15) is 0 Å². The molecule has 0 saturated heterocycles. The number of nitrogens with zero attached hydrogens (tertiary/aromatic N) is 2. The van der Waals surface area contributed by atoms with E-state index in [4.69, 9.17) is 9.47 Å². The van der Waals surface area contributed by atoms with Gasteiger partial charge in [0.05, 0.1) is 24.1 Å². The van der Waals surface area contributed by atoms with Crippen LogP contribution in [0.25, 0.3) is 10.4 Å². The average molecular weight is 473 g/mol. The van der Waals surface area contributed by atoms with Crippen molar-refractivity contribution in [3.8, 4) is 21.9 Å². The molecular formula is C25H26F2N2O3S. The molecule has 0 spiro atoms. The Morgan fingerprint density at radius 2 is 1.79 bits per heavy atom. The van der Waals surface area contributed by atoms with Crippen molar-refractivity contribution in [1.82, 2.24) is 9.88 Å². The second-order valence-corrected chi connectivity index (χ2v) is 9.41. The second-order valence-electron chi connectivity index (χ2n) is 8.20. The summed E-state index contributed by atoms with van der Waals surface area (Å²) in [6.07, 6.45) is 2.82. The fourth-order valence-electron chi connectivity index (χ4n) is 3.79. The van der Waals surface area contributed by atoms with Crippen molar-refractivity contribution in [2.75, 3.05) is 27.3 Å². The second kappa shape index (κ2) is 9.87. The number of rotatable bonds is 9. The third kappa shape index (κ3) is 5.50. The maximum atomic E-state index is 13.8. The molecule has 1 aliphatic carbocycles. The summed E-state index contributed by atoms with van der Waals surface area (Å²) in [5, 5.41) is 0.671. The van der Waals surface area contributed by atoms with Gasteiger partial charge in [-0.25, -0.2) is 13.8 Å². The number of halogens is 2. The van der Waals surface area contributed by atoms with Gasteiger partial charge in [-0.15, -0.1) is 11.3 Å². The monoisotopic (exact) mass is 472 g/mol. The van der Waals surface area contributed by atoms with Gasteiger partial charge in [0, 0.05) is 19.2 Å². The van der Waals surface area contributed by atoms with E-state index in [9.17, 15) is 13.6 Å². The Morgan fingerprint density at radius 3 is 2.42 bits per heavy atom. The van der Waals surface area contributed by atoms with E-state index >= 15 is 0 Å². The molecule has 0 aliphatic heterocycles. The quantitative estimate of drug-likeness (QED) is 0.412. The fraction of sp³-hybridized carbons (Fsp3) is 0.360. The zero-order valence-electron chi connectivity index (χ0n) is 18.9. The summed E-state index contributed by atoms with van der Waals surface area (Å²) in [6, 6.07) is 9.01. The first-order valence-electron chi connectivity index (χ1n) is 10.8. The predicted octanol–water partition coefficient (Wildman–Crippen LogP) is 5.51. The number of aromatic nitrogens is 1. The van der Waals surface area contributed by atoms with E-state index in [0.29, 0.717) is 52.4 Å².